The zero-order chi connectivity index (χ0) is 15.4. The second-order valence-corrected chi connectivity index (χ2v) is 4.47. The van der Waals surface area contributed by atoms with Crippen molar-refractivity contribution in [2.45, 2.75) is 13.8 Å². The van der Waals surface area contributed by atoms with Crippen LogP contribution in [0.2, 0.25) is 0 Å². The predicted molar refractivity (Wildman–Crippen MR) is 79.2 cm³/mol. The van der Waals surface area contributed by atoms with Crippen LogP contribution in [0.4, 0.5) is 11.4 Å². The molecule has 0 aliphatic heterocycles. The Morgan fingerprint density at radius 2 is 2.05 bits per heavy atom. The smallest absolute Gasteiger partial charge is 0.260 e. The highest BCUT2D eigenvalue weighted by atomic mass is 16.5. The average molecular weight is 285 g/mol. The zero-order valence-electron chi connectivity index (χ0n) is 11.8. The van der Waals surface area contributed by atoms with Crippen molar-refractivity contribution in [2.75, 3.05) is 10.6 Å². The van der Waals surface area contributed by atoms with Crippen molar-refractivity contribution >= 4 is 23.2 Å². The van der Waals surface area contributed by atoms with Gasteiger partial charge in [-0.2, -0.15) is 0 Å². The van der Waals surface area contributed by atoms with Crippen LogP contribution < -0.4 is 10.6 Å². The molecule has 1 aromatic heterocycles. The molecule has 0 aliphatic carbocycles. The average Bonchev–Trinajstić information content (AvgIpc) is 2.88. The number of anilines is 2. The molecular formula is C15H15N3O3. The first-order chi connectivity index (χ1) is 10.0. The number of hydrogen-bond donors (Lipinski definition) is 2. The normalized spacial score (nSPS) is 10.0. The lowest BCUT2D eigenvalue weighted by Crippen LogP contribution is -2.14. The molecule has 6 nitrogen and oxygen atoms in total. The lowest BCUT2D eigenvalue weighted by Gasteiger charge is -2.10. The minimum Gasteiger partial charge on any atom is -0.361 e. The SMILES string of the molecule is C=CC(=O)Nc1ccc(C)c(NC(=O)c2cnoc2C)c1. The van der Waals surface area contributed by atoms with Gasteiger partial charge in [-0.05, 0) is 37.6 Å². The Labute approximate surface area is 121 Å². The Bertz CT molecular complexity index is 704. The summed E-state index contributed by atoms with van der Waals surface area (Å²) in [7, 11) is 0. The fourth-order valence-corrected chi connectivity index (χ4v) is 1.73. The van der Waals surface area contributed by atoms with Gasteiger partial charge < -0.3 is 15.2 Å². The molecule has 21 heavy (non-hydrogen) atoms. The van der Waals surface area contributed by atoms with Crippen molar-refractivity contribution in [3.8, 4) is 0 Å². The molecule has 0 spiro atoms. The van der Waals surface area contributed by atoms with E-state index in [1.165, 1.54) is 12.3 Å². The van der Waals surface area contributed by atoms with Crippen molar-refractivity contribution in [3.63, 3.8) is 0 Å². The Hall–Kier alpha value is -2.89. The maximum atomic E-state index is 12.1. The van der Waals surface area contributed by atoms with E-state index < -0.39 is 0 Å². The third-order valence-electron chi connectivity index (χ3n) is 2.93. The third-order valence-corrected chi connectivity index (χ3v) is 2.93. The second-order valence-electron chi connectivity index (χ2n) is 4.47. The summed E-state index contributed by atoms with van der Waals surface area (Å²) in [5.41, 5.74) is 2.41. The van der Waals surface area contributed by atoms with Gasteiger partial charge in [0.25, 0.3) is 5.91 Å². The van der Waals surface area contributed by atoms with E-state index in [0.717, 1.165) is 5.56 Å². The van der Waals surface area contributed by atoms with Gasteiger partial charge in [0, 0.05) is 11.4 Å². The number of amides is 2. The summed E-state index contributed by atoms with van der Waals surface area (Å²) in [5, 5.41) is 8.98. The van der Waals surface area contributed by atoms with E-state index in [1.54, 1.807) is 25.1 Å². The standard InChI is InChI=1S/C15H15N3O3/c1-4-14(19)17-11-6-5-9(2)13(7-11)18-15(20)12-8-16-21-10(12)3/h4-8H,1H2,2-3H3,(H,17,19)(H,18,20). The van der Waals surface area contributed by atoms with Gasteiger partial charge in [-0.25, -0.2) is 0 Å². The molecule has 0 saturated carbocycles. The molecule has 2 aromatic rings. The number of rotatable bonds is 4. The molecule has 1 aromatic carbocycles. The fourth-order valence-electron chi connectivity index (χ4n) is 1.73. The van der Waals surface area contributed by atoms with Gasteiger partial charge in [-0.3, -0.25) is 9.59 Å². The summed E-state index contributed by atoms with van der Waals surface area (Å²) >= 11 is 0. The minimum atomic E-state index is -0.316. The zero-order valence-corrected chi connectivity index (χ0v) is 11.8. The number of nitrogens with zero attached hydrogens (tertiary/aromatic N) is 1. The Balaban J connectivity index is 2.21. The second kappa shape index (κ2) is 6.04. The first kappa shape index (κ1) is 14.5. The van der Waals surface area contributed by atoms with E-state index >= 15 is 0 Å². The molecule has 0 saturated heterocycles. The number of aromatic nitrogens is 1. The van der Waals surface area contributed by atoms with Crippen LogP contribution in [0, 0.1) is 13.8 Å². The van der Waals surface area contributed by atoms with Crippen molar-refractivity contribution in [3.05, 3.63) is 53.9 Å². The molecular weight excluding hydrogens is 270 g/mol. The molecule has 6 heteroatoms. The largest absolute Gasteiger partial charge is 0.361 e. The van der Waals surface area contributed by atoms with E-state index in [2.05, 4.69) is 22.4 Å². The monoisotopic (exact) mass is 285 g/mol. The number of aryl methyl sites for hydroxylation is 2. The fraction of sp³-hybridized carbons (Fsp3) is 0.133. The molecule has 1 heterocycles. The molecule has 0 atom stereocenters. The topological polar surface area (TPSA) is 84.2 Å². The van der Waals surface area contributed by atoms with E-state index in [0.29, 0.717) is 22.7 Å². The van der Waals surface area contributed by atoms with Crippen LogP contribution in [0.3, 0.4) is 0 Å². The maximum absolute atomic E-state index is 12.1. The minimum absolute atomic E-state index is 0.314. The summed E-state index contributed by atoms with van der Waals surface area (Å²) in [6, 6.07) is 5.23. The van der Waals surface area contributed by atoms with E-state index in [4.69, 9.17) is 4.52 Å². The Morgan fingerprint density at radius 1 is 1.29 bits per heavy atom. The molecule has 2 amide bonds. The molecule has 108 valence electrons. The molecule has 0 fully saturated rings. The predicted octanol–water partition coefficient (Wildman–Crippen LogP) is 2.67. The first-order valence-corrected chi connectivity index (χ1v) is 6.28. The summed E-state index contributed by atoms with van der Waals surface area (Å²) < 4.78 is 4.87. The van der Waals surface area contributed by atoms with Gasteiger partial charge in [-0.15, -0.1) is 0 Å². The Kier molecular flexibility index (Phi) is 4.18. The third kappa shape index (κ3) is 3.36. The molecule has 0 radical (unpaired) electrons. The van der Waals surface area contributed by atoms with E-state index in [-0.39, 0.29) is 11.8 Å². The van der Waals surface area contributed by atoms with Gasteiger partial charge in [0.05, 0.1) is 6.20 Å². The van der Waals surface area contributed by atoms with Crippen LogP contribution >= 0.6 is 0 Å². The number of benzene rings is 1. The molecule has 2 rings (SSSR count). The molecule has 2 N–H and O–H groups in total. The number of carbonyl (C=O) groups excluding carboxylic acids is 2. The van der Waals surface area contributed by atoms with Crippen molar-refractivity contribution in [1.82, 2.24) is 5.16 Å². The number of carbonyl (C=O) groups is 2. The summed E-state index contributed by atoms with van der Waals surface area (Å²) in [5.74, 6) is -0.184. The van der Waals surface area contributed by atoms with Crippen LogP contribution in [0.1, 0.15) is 21.7 Å². The summed E-state index contributed by atoms with van der Waals surface area (Å²) in [4.78, 5) is 23.4. The van der Waals surface area contributed by atoms with Crippen LogP contribution in [-0.4, -0.2) is 17.0 Å². The summed E-state index contributed by atoms with van der Waals surface area (Å²) in [6.45, 7) is 6.91. The van der Waals surface area contributed by atoms with Gasteiger partial charge in [-0.1, -0.05) is 17.8 Å². The summed E-state index contributed by atoms with van der Waals surface area (Å²) in [6.07, 6.45) is 2.54. The highest BCUT2D eigenvalue weighted by Gasteiger charge is 2.14. The number of nitrogens with one attached hydrogen (secondary N) is 2. The van der Waals surface area contributed by atoms with E-state index in [9.17, 15) is 9.59 Å². The highest BCUT2D eigenvalue weighted by molar-refractivity contribution is 6.05. The van der Waals surface area contributed by atoms with Crippen molar-refractivity contribution in [1.29, 1.82) is 0 Å². The van der Waals surface area contributed by atoms with E-state index in [1.807, 2.05) is 6.92 Å². The van der Waals surface area contributed by atoms with Gasteiger partial charge in [0.1, 0.15) is 11.3 Å². The van der Waals surface area contributed by atoms with Crippen molar-refractivity contribution < 1.29 is 14.1 Å². The van der Waals surface area contributed by atoms with Gasteiger partial charge in [0.2, 0.25) is 5.91 Å². The molecule has 0 aliphatic rings. The van der Waals surface area contributed by atoms with Crippen LogP contribution in [0.5, 0.6) is 0 Å². The van der Waals surface area contributed by atoms with Gasteiger partial charge in [0.15, 0.2) is 0 Å². The molecule has 0 bridgehead atoms. The number of hydrogen-bond acceptors (Lipinski definition) is 4. The highest BCUT2D eigenvalue weighted by Crippen LogP contribution is 2.21. The lowest BCUT2D eigenvalue weighted by molar-refractivity contribution is -0.111. The van der Waals surface area contributed by atoms with Gasteiger partial charge >= 0.3 is 0 Å². The Morgan fingerprint density at radius 3 is 2.67 bits per heavy atom. The molecule has 0 unspecified atom stereocenters. The lowest BCUT2D eigenvalue weighted by atomic mass is 10.1. The van der Waals surface area contributed by atoms with Crippen molar-refractivity contribution in [2.24, 2.45) is 0 Å². The first-order valence-electron chi connectivity index (χ1n) is 6.28. The van der Waals surface area contributed by atoms with Crippen LogP contribution in [-0.2, 0) is 4.79 Å². The maximum Gasteiger partial charge on any atom is 0.260 e. The quantitative estimate of drug-likeness (QED) is 0.846. The van der Waals surface area contributed by atoms with Crippen LogP contribution in [0.15, 0.2) is 41.6 Å². The van der Waals surface area contributed by atoms with Crippen LogP contribution in [0.25, 0.3) is 0 Å².